The molecule has 0 aliphatic carbocycles. The van der Waals surface area contributed by atoms with Crippen molar-refractivity contribution < 1.29 is 13.2 Å². The topological polar surface area (TPSA) is 81.2 Å². The van der Waals surface area contributed by atoms with E-state index < -0.39 is 11.7 Å². The van der Waals surface area contributed by atoms with Crippen molar-refractivity contribution in [3.05, 3.63) is 192 Å². The van der Waals surface area contributed by atoms with Gasteiger partial charge in [-0.15, -0.1) is 0 Å². The summed E-state index contributed by atoms with van der Waals surface area (Å²) in [5.41, 5.74) is 8.33. The summed E-state index contributed by atoms with van der Waals surface area (Å²) in [4.78, 5) is 0. The summed E-state index contributed by atoms with van der Waals surface area (Å²) in [6.07, 6.45) is -4.74. The molecular formula is C52H28F3N5. The molecule has 5 nitrogen and oxygen atoms in total. The number of alkyl halides is 3. The van der Waals surface area contributed by atoms with Crippen molar-refractivity contribution in [2.75, 3.05) is 0 Å². The Morgan fingerprint density at radius 3 is 1.25 bits per heavy atom. The zero-order valence-corrected chi connectivity index (χ0v) is 31.5. The molecular weight excluding hydrogens is 752 g/mol. The van der Waals surface area contributed by atoms with E-state index in [1.54, 1.807) is 42.5 Å². The fourth-order valence-electron chi connectivity index (χ4n) is 8.46. The Morgan fingerprint density at radius 2 is 0.800 bits per heavy atom. The number of rotatable bonds is 5. The quantitative estimate of drug-likeness (QED) is 0.174. The predicted octanol–water partition coefficient (Wildman–Crippen LogP) is 13.5. The first-order valence-electron chi connectivity index (χ1n) is 19.1. The molecule has 0 radical (unpaired) electrons. The van der Waals surface area contributed by atoms with E-state index in [4.69, 9.17) is 0 Å². The van der Waals surface area contributed by atoms with E-state index in [0.717, 1.165) is 43.8 Å². The largest absolute Gasteiger partial charge is 0.416 e. The number of para-hydroxylation sites is 2. The summed E-state index contributed by atoms with van der Waals surface area (Å²) in [5.74, 6) is 0. The first kappa shape index (κ1) is 36.0. The van der Waals surface area contributed by atoms with Crippen molar-refractivity contribution in [2.45, 2.75) is 6.18 Å². The van der Waals surface area contributed by atoms with Gasteiger partial charge in [0.2, 0.25) is 0 Å². The van der Waals surface area contributed by atoms with Crippen molar-refractivity contribution in [1.82, 2.24) is 9.13 Å². The molecule has 60 heavy (non-hydrogen) atoms. The van der Waals surface area contributed by atoms with Gasteiger partial charge >= 0.3 is 6.18 Å². The van der Waals surface area contributed by atoms with E-state index >= 15 is 13.2 Å². The van der Waals surface area contributed by atoms with Crippen molar-refractivity contribution in [2.24, 2.45) is 0 Å². The van der Waals surface area contributed by atoms with Crippen molar-refractivity contribution >= 4 is 43.6 Å². The fraction of sp³-hybridized carbons (Fsp3) is 0.0192. The minimum atomic E-state index is -4.74. The monoisotopic (exact) mass is 779 g/mol. The van der Waals surface area contributed by atoms with Crippen LogP contribution in [0.3, 0.4) is 0 Å². The maximum atomic E-state index is 15.5. The van der Waals surface area contributed by atoms with Gasteiger partial charge in [-0.2, -0.15) is 29.0 Å². The minimum Gasteiger partial charge on any atom is -0.309 e. The molecule has 0 saturated carbocycles. The van der Waals surface area contributed by atoms with E-state index in [2.05, 4.69) is 18.2 Å². The number of hydrogen-bond donors (Lipinski definition) is 0. The summed E-state index contributed by atoms with van der Waals surface area (Å²) in [6, 6.07) is 57.7. The van der Waals surface area contributed by atoms with Crippen molar-refractivity contribution in [1.29, 1.82) is 15.8 Å². The molecule has 0 unspecified atom stereocenters. The molecule has 282 valence electrons. The van der Waals surface area contributed by atoms with E-state index in [-0.39, 0.29) is 11.4 Å². The predicted molar refractivity (Wildman–Crippen MR) is 231 cm³/mol. The molecule has 0 amide bonds. The van der Waals surface area contributed by atoms with Crippen molar-refractivity contribution in [3.8, 4) is 63.0 Å². The Hall–Kier alpha value is -8.38. The lowest BCUT2D eigenvalue weighted by molar-refractivity contribution is -0.137. The van der Waals surface area contributed by atoms with Gasteiger partial charge in [0.15, 0.2) is 0 Å². The van der Waals surface area contributed by atoms with Gasteiger partial charge in [-0.3, -0.25) is 0 Å². The average molecular weight is 780 g/mol. The SMILES string of the molecule is N#Cc1ccc(-c2ccc3c4ccccc4n(-c4cc(C(F)(F)F)cc(-n5c6ccccc6c6ccc(-c7ccc(C#N)cc7)cc65)c4-c4cccc(C#N)c4)c3c2)cc1. The zero-order chi connectivity index (χ0) is 41.1. The van der Waals surface area contributed by atoms with Crippen LogP contribution in [-0.4, -0.2) is 9.13 Å². The van der Waals surface area contributed by atoms with Crippen LogP contribution < -0.4 is 0 Å². The first-order valence-corrected chi connectivity index (χ1v) is 19.1. The third-order valence-corrected chi connectivity index (χ3v) is 11.2. The Kier molecular flexibility index (Phi) is 8.35. The minimum absolute atomic E-state index is 0.285. The number of halogens is 3. The molecule has 8 heteroatoms. The molecule has 0 spiro atoms. The molecule has 0 atom stereocenters. The Bertz CT molecular complexity index is 3300. The van der Waals surface area contributed by atoms with Gasteiger partial charge in [-0.1, -0.05) is 97.1 Å². The number of hydrogen-bond acceptors (Lipinski definition) is 3. The highest BCUT2D eigenvalue weighted by atomic mass is 19.4. The van der Waals surface area contributed by atoms with E-state index in [9.17, 15) is 15.8 Å². The summed E-state index contributed by atoms with van der Waals surface area (Å²) in [7, 11) is 0. The van der Waals surface area contributed by atoms with Crippen LogP contribution >= 0.6 is 0 Å². The summed E-state index contributed by atoms with van der Waals surface area (Å²) >= 11 is 0. The van der Waals surface area contributed by atoms with Gasteiger partial charge in [0.1, 0.15) is 0 Å². The number of fused-ring (bicyclic) bond motifs is 6. The van der Waals surface area contributed by atoms with Crippen LogP contribution in [0.4, 0.5) is 13.2 Å². The van der Waals surface area contributed by atoms with E-state index in [1.807, 2.05) is 124 Å². The summed E-state index contributed by atoms with van der Waals surface area (Å²) in [5, 5.41) is 32.4. The summed E-state index contributed by atoms with van der Waals surface area (Å²) in [6.45, 7) is 0. The first-order chi connectivity index (χ1) is 29.2. The standard InChI is InChI=1S/C52H28F3N5/c53-52(54,55)40-27-49(59-45-10-3-1-8-41(45)43-22-20-37(25-47(43)59)35-16-12-32(29-56)13-17-35)51(39-7-5-6-34(24-39)31-58)50(28-40)60-46-11-4-2-9-42(46)44-23-21-38(26-48(44)60)36-18-14-33(30-57)15-19-36/h1-28H. The molecule has 0 fully saturated rings. The van der Waals surface area contributed by atoms with Crippen LogP contribution in [-0.2, 0) is 6.18 Å². The molecule has 0 saturated heterocycles. The Labute approximate surface area is 341 Å². The molecule has 0 N–H and O–H groups in total. The molecule has 10 rings (SSSR count). The molecule has 2 heterocycles. The molecule has 0 aliphatic rings. The Morgan fingerprint density at radius 1 is 0.367 bits per heavy atom. The van der Waals surface area contributed by atoms with Gasteiger partial charge in [-0.05, 0) is 101 Å². The lowest BCUT2D eigenvalue weighted by Gasteiger charge is -2.23. The highest BCUT2D eigenvalue weighted by Crippen LogP contribution is 2.46. The van der Waals surface area contributed by atoms with Gasteiger partial charge in [0.05, 0.1) is 73.9 Å². The molecule has 10 aromatic rings. The molecule has 0 bridgehead atoms. The second-order valence-corrected chi connectivity index (χ2v) is 14.6. The third kappa shape index (κ3) is 5.85. The summed E-state index contributed by atoms with van der Waals surface area (Å²) < 4.78 is 50.4. The van der Waals surface area contributed by atoms with E-state index in [0.29, 0.717) is 49.9 Å². The maximum absolute atomic E-state index is 15.5. The fourth-order valence-corrected chi connectivity index (χ4v) is 8.46. The van der Waals surface area contributed by atoms with Crippen LogP contribution in [0, 0.1) is 34.0 Å². The maximum Gasteiger partial charge on any atom is 0.416 e. The number of benzene rings is 8. The number of aromatic nitrogens is 2. The lowest BCUT2D eigenvalue weighted by atomic mass is 9.96. The van der Waals surface area contributed by atoms with Crippen molar-refractivity contribution in [3.63, 3.8) is 0 Å². The average Bonchev–Trinajstić information content (AvgIpc) is 3.80. The zero-order valence-electron chi connectivity index (χ0n) is 31.5. The second kappa shape index (κ2) is 13.9. The van der Waals surface area contributed by atoms with Crippen LogP contribution in [0.15, 0.2) is 170 Å². The van der Waals surface area contributed by atoms with Crippen LogP contribution in [0.25, 0.3) is 88.4 Å². The van der Waals surface area contributed by atoms with Crippen LogP contribution in [0.5, 0.6) is 0 Å². The number of nitriles is 3. The van der Waals surface area contributed by atoms with Gasteiger partial charge in [-0.25, -0.2) is 0 Å². The second-order valence-electron chi connectivity index (χ2n) is 14.6. The van der Waals surface area contributed by atoms with Crippen LogP contribution in [0.1, 0.15) is 22.3 Å². The highest BCUT2D eigenvalue weighted by Gasteiger charge is 2.34. The molecule has 2 aromatic heterocycles. The van der Waals surface area contributed by atoms with Gasteiger partial charge in [0.25, 0.3) is 0 Å². The molecule has 8 aromatic carbocycles. The highest BCUT2D eigenvalue weighted by molar-refractivity contribution is 6.13. The van der Waals surface area contributed by atoms with E-state index in [1.165, 1.54) is 12.1 Å². The molecule has 0 aliphatic heterocycles. The Balaban J connectivity index is 1.37. The van der Waals surface area contributed by atoms with Gasteiger partial charge < -0.3 is 9.13 Å². The lowest BCUT2D eigenvalue weighted by Crippen LogP contribution is -2.11. The smallest absolute Gasteiger partial charge is 0.309 e. The number of nitrogens with zero attached hydrogens (tertiary/aromatic N) is 5. The van der Waals surface area contributed by atoms with Crippen LogP contribution in [0.2, 0.25) is 0 Å². The third-order valence-electron chi connectivity index (χ3n) is 11.2. The van der Waals surface area contributed by atoms with Gasteiger partial charge in [0, 0.05) is 27.1 Å². The normalized spacial score (nSPS) is 11.5.